The van der Waals surface area contributed by atoms with Crippen molar-refractivity contribution in [2.45, 2.75) is 19.3 Å². The molecule has 0 spiro atoms. The molecule has 108 valence electrons. The van der Waals surface area contributed by atoms with Gasteiger partial charge in [0, 0.05) is 0 Å². The van der Waals surface area contributed by atoms with Crippen LogP contribution in [-0.2, 0) is 22.7 Å². The fraction of sp³-hybridized carbons (Fsp3) is 0.333. The first-order valence-corrected chi connectivity index (χ1v) is 5.67. The summed E-state index contributed by atoms with van der Waals surface area (Å²) in [6.45, 7) is -2.18. The van der Waals surface area contributed by atoms with E-state index >= 15 is 0 Å². The normalized spacial score (nSPS) is 11.9. The third-order valence-corrected chi connectivity index (χ3v) is 2.52. The summed E-state index contributed by atoms with van der Waals surface area (Å²) >= 11 is 0. The Morgan fingerprint density at radius 3 is 2.70 bits per heavy atom. The zero-order valence-electron chi connectivity index (χ0n) is 10.2. The number of imidazole rings is 1. The van der Waals surface area contributed by atoms with Crippen molar-refractivity contribution in [1.29, 1.82) is 0 Å². The summed E-state index contributed by atoms with van der Waals surface area (Å²) in [5.74, 6) is -0.955. The molecule has 2 aromatic rings. The number of carbonyl (C=O) groups is 1. The third kappa shape index (κ3) is 3.47. The monoisotopic (exact) mass is 288 g/mol. The van der Waals surface area contributed by atoms with Gasteiger partial charge in [0.25, 0.3) is 0 Å². The first kappa shape index (κ1) is 14.3. The Labute approximate surface area is 111 Å². The molecule has 0 saturated carbocycles. The van der Waals surface area contributed by atoms with Gasteiger partial charge in [0.15, 0.2) is 0 Å². The second-order valence-corrected chi connectivity index (χ2v) is 4.10. The largest absolute Gasteiger partial charge is 0.480 e. The molecule has 0 saturated heterocycles. The lowest BCUT2D eigenvalue weighted by Gasteiger charge is -2.09. The molecule has 0 bridgehead atoms. The van der Waals surface area contributed by atoms with Crippen LogP contribution >= 0.6 is 0 Å². The molecule has 20 heavy (non-hydrogen) atoms. The zero-order chi connectivity index (χ0) is 14.8. The van der Waals surface area contributed by atoms with Gasteiger partial charge in [-0.1, -0.05) is 12.1 Å². The van der Waals surface area contributed by atoms with Gasteiger partial charge in [-0.25, -0.2) is 4.98 Å². The molecule has 0 aliphatic carbocycles. The molecule has 1 N–H and O–H groups in total. The number of ether oxygens (including phenoxy) is 1. The van der Waals surface area contributed by atoms with Gasteiger partial charge in [0.2, 0.25) is 0 Å². The van der Waals surface area contributed by atoms with Crippen LogP contribution in [0.2, 0.25) is 0 Å². The van der Waals surface area contributed by atoms with Gasteiger partial charge in [-0.3, -0.25) is 4.79 Å². The summed E-state index contributed by atoms with van der Waals surface area (Å²) in [6, 6.07) is 6.71. The van der Waals surface area contributed by atoms with Crippen LogP contribution in [0.1, 0.15) is 5.82 Å². The highest BCUT2D eigenvalue weighted by molar-refractivity contribution is 5.78. The van der Waals surface area contributed by atoms with Gasteiger partial charge in [-0.2, -0.15) is 13.2 Å². The maximum atomic E-state index is 12.0. The highest BCUT2D eigenvalue weighted by Gasteiger charge is 2.27. The number of aliphatic carboxylic acids is 1. The lowest BCUT2D eigenvalue weighted by Crippen LogP contribution is -2.18. The highest BCUT2D eigenvalue weighted by Crippen LogP contribution is 2.19. The van der Waals surface area contributed by atoms with Crippen LogP contribution in [0.15, 0.2) is 24.3 Å². The van der Waals surface area contributed by atoms with E-state index in [0.717, 1.165) is 0 Å². The average molecular weight is 288 g/mol. The molecule has 0 aliphatic heterocycles. The first-order chi connectivity index (χ1) is 9.37. The minimum absolute atomic E-state index is 0.151. The predicted molar refractivity (Wildman–Crippen MR) is 63.1 cm³/mol. The predicted octanol–water partition coefficient (Wildman–Crippen LogP) is 2.20. The smallest absolute Gasteiger partial charge is 0.411 e. The number of para-hydroxylation sites is 2. The van der Waals surface area contributed by atoms with Crippen LogP contribution in [0.4, 0.5) is 13.2 Å². The van der Waals surface area contributed by atoms with Crippen molar-refractivity contribution in [3.8, 4) is 0 Å². The number of aromatic nitrogens is 2. The standard InChI is InChI=1S/C12H11F3N2O3/c13-12(14,15)7-20-6-10-16-8-3-1-2-4-9(8)17(10)5-11(18)19/h1-4H,5-7H2,(H,18,19). The van der Waals surface area contributed by atoms with E-state index in [1.807, 2.05) is 0 Å². The van der Waals surface area contributed by atoms with Gasteiger partial charge in [-0.05, 0) is 12.1 Å². The molecule has 0 radical (unpaired) electrons. The topological polar surface area (TPSA) is 64.3 Å². The molecule has 2 rings (SSSR count). The summed E-state index contributed by atoms with van der Waals surface area (Å²) in [5, 5.41) is 8.85. The van der Waals surface area contributed by atoms with Crippen LogP contribution in [0.5, 0.6) is 0 Å². The Kier molecular flexibility index (Phi) is 3.93. The SMILES string of the molecule is O=C(O)Cn1c(COCC(F)(F)F)nc2ccccc21. The summed E-state index contributed by atoms with van der Waals surface area (Å²) in [7, 11) is 0. The molecule has 1 aromatic carbocycles. The van der Waals surface area contributed by atoms with Gasteiger partial charge >= 0.3 is 12.1 Å². The molecule has 0 unspecified atom stereocenters. The lowest BCUT2D eigenvalue weighted by molar-refractivity contribution is -0.177. The molecule has 0 atom stereocenters. The van der Waals surface area contributed by atoms with Gasteiger partial charge in [0.1, 0.15) is 25.6 Å². The van der Waals surface area contributed by atoms with Gasteiger partial charge < -0.3 is 14.4 Å². The quantitative estimate of drug-likeness (QED) is 0.916. The van der Waals surface area contributed by atoms with Gasteiger partial charge in [-0.15, -0.1) is 0 Å². The maximum absolute atomic E-state index is 12.0. The van der Waals surface area contributed by atoms with E-state index in [1.165, 1.54) is 4.57 Å². The van der Waals surface area contributed by atoms with Crippen molar-refractivity contribution >= 4 is 17.0 Å². The number of carboxylic acids is 1. The summed E-state index contributed by atoms with van der Waals surface area (Å²) < 4.78 is 41.9. The lowest BCUT2D eigenvalue weighted by atomic mass is 10.3. The van der Waals surface area contributed by atoms with E-state index in [9.17, 15) is 18.0 Å². The number of alkyl halides is 3. The van der Waals surface area contributed by atoms with E-state index in [4.69, 9.17) is 5.11 Å². The zero-order valence-corrected chi connectivity index (χ0v) is 10.2. The summed E-state index contributed by atoms with van der Waals surface area (Å²) in [4.78, 5) is 14.9. The van der Waals surface area contributed by atoms with E-state index in [0.29, 0.717) is 11.0 Å². The molecular weight excluding hydrogens is 277 g/mol. The second-order valence-electron chi connectivity index (χ2n) is 4.10. The maximum Gasteiger partial charge on any atom is 0.411 e. The molecule has 1 heterocycles. The average Bonchev–Trinajstić information content (AvgIpc) is 2.66. The Morgan fingerprint density at radius 2 is 2.05 bits per heavy atom. The van der Waals surface area contributed by atoms with Crippen LogP contribution < -0.4 is 0 Å². The Bertz CT molecular complexity index is 622. The number of hydrogen-bond acceptors (Lipinski definition) is 3. The van der Waals surface area contributed by atoms with Crippen molar-refractivity contribution < 1.29 is 27.8 Å². The number of rotatable bonds is 5. The van der Waals surface area contributed by atoms with Crippen molar-refractivity contribution in [3.63, 3.8) is 0 Å². The highest BCUT2D eigenvalue weighted by atomic mass is 19.4. The van der Waals surface area contributed by atoms with Crippen molar-refractivity contribution in [2.75, 3.05) is 6.61 Å². The number of carboxylic acid groups (broad SMARTS) is 1. The van der Waals surface area contributed by atoms with Crippen molar-refractivity contribution in [2.24, 2.45) is 0 Å². The first-order valence-electron chi connectivity index (χ1n) is 5.67. The number of fused-ring (bicyclic) bond motifs is 1. The van der Waals surface area contributed by atoms with Crippen LogP contribution in [-0.4, -0.2) is 33.4 Å². The van der Waals surface area contributed by atoms with Crippen molar-refractivity contribution in [3.05, 3.63) is 30.1 Å². The number of benzene rings is 1. The van der Waals surface area contributed by atoms with E-state index in [1.54, 1.807) is 24.3 Å². The Morgan fingerprint density at radius 1 is 1.35 bits per heavy atom. The van der Waals surface area contributed by atoms with E-state index in [2.05, 4.69) is 9.72 Å². The van der Waals surface area contributed by atoms with Crippen LogP contribution in [0.25, 0.3) is 11.0 Å². The second kappa shape index (κ2) is 5.49. The number of halogens is 3. The number of hydrogen-bond donors (Lipinski definition) is 1. The molecule has 0 aliphatic rings. The molecule has 0 fully saturated rings. The minimum Gasteiger partial charge on any atom is -0.480 e. The molecule has 5 nitrogen and oxygen atoms in total. The fourth-order valence-corrected chi connectivity index (χ4v) is 1.81. The molecular formula is C12H11F3N2O3. The molecule has 1 aromatic heterocycles. The third-order valence-electron chi connectivity index (χ3n) is 2.52. The van der Waals surface area contributed by atoms with E-state index in [-0.39, 0.29) is 12.4 Å². The summed E-state index contributed by atoms with van der Waals surface area (Å²) in [6.07, 6.45) is -4.43. The number of nitrogens with zero attached hydrogens (tertiary/aromatic N) is 2. The van der Waals surface area contributed by atoms with E-state index < -0.39 is 25.4 Å². The molecule has 8 heteroatoms. The minimum atomic E-state index is -4.43. The Hall–Kier alpha value is -2.09. The van der Waals surface area contributed by atoms with Gasteiger partial charge in [0.05, 0.1) is 11.0 Å². The van der Waals surface area contributed by atoms with Crippen LogP contribution in [0.3, 0.4) is 0 Å². The fourth-order valence-electron chi connectivity index (χ4n) is 1.81. The van der Waals surface area contributed by atoms with Crippen LogP contribution in [0, 0.1) is 0 Å². The Balaban J connectivity index is 2.24. The van der Waals surface area contributed by atoms with Crippen molar-refractivity contribution in [1.82, 2.24) is 9.55 Å². The molecule has 0 amide bonds. The summed E-state index contributed by atoms with van der Waals surface area (Å²) in [5.41, 5.74) is 1.06.